The van der Waals surface area contributed by atoms with Crippen molar-refractivity contribution in [3.8, 4) is 0 Å². The molecule has 1 amide bonds. The zero-order chi connectivity index (χ0) is 26.9. The minimum Gasteiger partial charge on any atom is -0.444 e. The predicted molar refractivity (Wildman–Crippen MR) is 151 cm³/mol. The summed E-state index contributed by atoms with van der Waals surface area (Å²) < 4.78 is 5.49. The molecule has 1 aromatic carbocycles. The van der Waals surface area contributed by atoms with Gasteiger partial charge in [0.25, 0.3) is 0 Å². The lowest BCUT2D eigenvalue weighted by Gasteiger charge is -2.27. The Balaban J connectivity index is 2.61. The maximum atomic E-state index is 12.5. The van der Waals surface area contributed by atoms with Crippen LogP contribution in [0.4, 0.5) is 16.4 Å². The Morgan fingerprint density at radius 2 is 1.47 bits per heavy atom. The van der Waals surface area contributed by atoms with Gasteiger partial charge in [-0.25, -0.2) is 9.78 Å². The average molecular weight is 489 g/mol. The number of alkyl carbamates (subject to hydrolysis) is 1. The van der Waals surface area contributed by atoms with Gasteiger partial charge in [0.15, 0.2) is 0 Å². The van der Waals surface area contributed by atoms with E-state index in [4.69, 9.17) is 9.72 Å². The molecular weight excluding hydrogens is 448 g/mol. The molecule has 0 spiro atoms. The van der Waals surface area contributed by atoms with Gasteiger partial charge in [-0.05, 0) is 70.0 Å². The molecule has 0 radical (unpaired) electrons. The standard InChI is InChI=1S/C30H40N4O2/c1-10-15-22(3)33(8)27-19-25(20-28(32-27)34(9)23(4)16-11-2)26(24-17-13-12-14-18-24)21-31-29(35)36-30(5,6)7/h10-20,26H,1-2,21H2,3-9H3,(H,31,35)/b22-15-,23-16-. The molecular formula is C30H40N4O2. The number of aromatic nitrogens is 1. The highest BCUT2D eigenvalue weighted by atomic mass is 16.6. The summed E-state index contributed by atoms with van der Waals surface area (Å²) in [5.41, 5.74) is 3.54. The van der Waals surface area contributed by atoms with Gasteiger partial charge in [-0.15, -0.1) is 0 Å². The van der Waals surface area contributed by atoms with E-state index in [2.05, 4.69) is 42.7 Å². The number of anilines is 2. The van der Waals surface area contributed by atoms with Crippen LogP contribution in [0.2, 0.25) is 0 Å². The SMILES string of the molecule is C=C/C=C(/C)N(C)c1cc(C(CNC(=O)OC(C)(C)C)c2ccccc2)cc(N(C)/C(C)=C\C=C)n1. The minimum atomic E-state index is -0.571. The van der Waals surface area contributed by atoms with E-state index in [0.29, 0.717) is 6.54 Å². The van der Waals surface area contributed by atoms with E-state index in [1.165, 1.54) is 0 Å². The normalized spacial score (nSPS) is 13.0. The zero-order valence-corrected chi connectivity index (χ0v) is 22.7. The molecule has 6 nitrogen and oxygen atoms in total. The van der Waals surface area contributed by atoms with E-state index in [1.807, 2.05) is 88.9 Å². The van der Waals surface area contributed by atoms with Gasteiger partial charge in [-0.1, -0.05) is 55.6 Å². The lowest BCUT2D eigenvalue weighted by molar-refractivity contribution is 0.0526. The van der Waals surface area contributed by atoms with E-state index in [-0.39, 0.29) is 5.92 Å². The molecule has 0 aliphatic heterocycles. The molecule has 0 saturated heterocycles. The van der Waals surface area contributed by atoms with Crippen LogP contribution >= 0.6 is 0 Å². The fraction of sp³-hybridized carbons (Fsp3) is 0.333. The number of nitrogens with zero attached hydrogens (tertiary/aromatic N) is 3. The third-order valence-corrected chi connectivity index (χ3v) is 5.74. The topological polar surface area (TPSA) is 57.7 Å². The Morgan fingerprint density at radius 1 is 0.972 bits per heavy atom. The number of hydrogen-bond donors (Lipinski definition) is 1. The van der Waals surface area contributed by atoms with Crippen LogP contribution < -0.4 is 15.1 Å². The van der Waals surface area contributed by atoms with Crippen molar-refractivity contribution in [2.24, 2.45) is 0 Å². The average Bonchev–Trinajstić information content (AvgIpc) is 2.83. The summed E-state index contributed by atoms with van der Waals surface area (Å²) in [6.45, 7) is 17.6. The maximum absolute atomic E-state index is 12.5. The number of benzene rings is 1. The van der Waals surface area contributed by atoms with Gasteiger partial charge in [0, 0.05) is 38.0 Å². The Labute approximate surface area is 216 Å². The molecule has 0 aliphatic rings. The van der Waals surface area contributed by atoms with E-state index < -0.39 is 11.7 Å². The van der Waals surface area contributed by atoms with Gasteiger partial charge in [-0.3, -0.25) is 0 Å². The van der Waals surface area contributed by atoms with E-state index in [0.717, 1.165) is 34.2 Å². The van der Waals surface area contributed by atoms with Crippen LogP contribution in [-0.4, -0.2) is 37.3 Å². The lowest BCUT2D eigenvalue weighted by Crippen LogP contribution is -2.35. The highest BCUT2D eigenvalue weighted by Crippen LogP contribution is 2.31. The van der Waals surface area contributed by atoms with Crippen molar-refractivity contribution in [3.05, 3.63) is 102 Å². The number of hydrogen-bond acceptors (Lipinski definition) is 5. The highest BCUT2D eigenvalue weighted by Gasteiger charge is 2.22. The van der Waals surface area contributed by atoms with E-state index in [1.54, 1.807) is 12.2 Å². The second kappa shape index (κ2) is 12.8. The van der Waals surface area contributed by atoms with Crippen LogP contribution in [0.5, 0.6) is 0 Å². The van der Waals surface area contributed by atoms with Gasteiger partial charge < -0.3 is 19.9 Å². The molecule has 2 aromatic rings. The second-order valence-electron chi connectivity index (χ2n) is 9.67. The number of pyridine rings is 1. The van der Waals surface area contributed by atoms with Crippen molar-refractivity contribution in [3.63, 3.8) is 0 Å². The first-order valence-electron chi connectivity index (χ1n) is 12.1. The summed E-state index contributed by atoms with van der Waals surface area (Å²) in [4.78, 5) is 21.5. The Kier molecular flexibility index (Phi) is 10.1. The van der Waals surface area contributed by atoms with Gasteiger partial charge in [0.05, 0.1) is 0 Å². The fourth-order valence-corrected chi connectivity index (χ4v) is 3.61. The number of allylic oxidation sites excluding steroid dienone is 6. The molecule has 36 heavy (non-hydrogen) atoms. The molecule has 6 heteroatoms. The quantitative estimate of drug-likeness (QED) is 0.373. The van der Waals surface area contributed by atoms with E-state index >= 15 is 0 Å². The number of rotatable bonds is 10. The zero-order valence-electron chi connectivity index (χ0n) is 22.7. The van der Waals surface area contributed by atoms with Crippen molar-refractivity contribution in [1.82, 2.24) is 10.3 Å². The van der Waals surface area contributed by atoms with Crippen LogP contribution in [0.25, 0.3) is 0 Å². The summed E-state index contributed by atoms with van der Waals surface area (Å²) in [5.74, 6) is 1.46. The molecule has 2 rings (SSSR count). The number of nitrogens with one attached hydrogen (secondary N) is 1. The molecule has 0 fully saturated rings. The van der Waals surface area contributed by atoms with Crippen molar-refractivity contribution in [1.29, 1.82) is 0 Å². The van der Waals surface area contributed by atoms with Crippen molar-refractivity contribution >= 4 is 17.7 Å². The fourth-order valence-electron chi connectivity index (χ4n) is 3.61. The second-order valence-corrected chi connectivity index (χ2v) is 9.67. The summed E-state index contributed by atoms with van der Waals surface area (Å²) in [6, 6.07) is 14.3. The number of carbonyl (C=O) groups excluding carboxylic acids is 1. The molecule has 192 valence electrons. The molecule has 1 N–H and O–H groups in total. The van der Waals surface area contributed by atoms with Crippen LogP contribution in [0.15, 0.2) is 91.3 Å². The van der Waals surface area contributed by atoms with Gasteiger partial charge in [0.1, 0.15) is 17.2 Å². The number of carbonyl (C=O) groups is 1. The monoisotopic (exact) mass is 488 g/mol. The molecule has 0 aliphatic carbocycles. The van der Waals surface area contributed by atoms with Crippen molar-refractivity contribution in [2.75, 3.05) is 30.4 Å². The minimum absolute atomic E-state index is 0.117. The first-order valence-corrected chi connectivity index (χ1v) is 12.1. The molecule has 1 unspecified atom stereocenters. The Bertz CT molecular complexity index is 1070. The molecule has 0 saturated carbocycles. The van der Waals surface area contributed by atoms with E-state index in [9.17, 15) is 4.79 Å². The lowest BCUT2D eigenvalue weighted by atomic mass is 9.91. The maximum Gasteiger partial charge on any atom is 0.407 e. The van der Waals surface area contributed by atoms with Crippen LogP contribution in [0.3, 0.4) is 0 Å². The summed E-state index contributed by atoms with van der Waals surface area (Å²) in [6.07, 6.45) is 6.97. The largest absolute Gasteiger partial charge is 0.444 e. The summed E-state index contributed by atoms with van der Waals surface area (Å²) in [5, 5.41) is 2.96. The molecule has 1 heterocycles. The first-order chi connectivity index (χ1) is 17.0. The molecule has 1 aromatic heterocycles. The predicted octanol–water partition coefficient (Wildman–Crippen LogP) is 6.79. The van der Waals surface area contributed by atoms with Crippen molar-refractivity contribution < 1.29 is 9.53 Å². The summed E-state index contributed by atoms with van der Waals surface area (Å²) in [7, 11) is 3.96. The third kappa shape index (κ3) is 8.15. The Hall–Kier alpha value is -3.80. The summed E-state index contributed by atoms with van der Waals surface area (Å²) >= 11 is 0. The van der Waals surface area contributed by atoms with Crippen molar-refractivity contribution in [2.45, 2.75) is 46.1 Å². The number of ether oxygens (including phenoxy) is 1. The van der Waals surface area contributed by atoms with Gasteiger partial charge in [-0.2, -0.15) is 0 Å². The van der Waals surface area contributed by atoms with Gasteiger partial charge in [0.2, 0.25) is 0 Å². The van der Waals surface area contributed by atoms with Crippen LogP contribution in [-0.2, 0) is 4.74 Å². The molecule has 1 atom stereocenters. The number of amides is 1. The first kappa shape index (κ1) is 28.4. The highest BCUT2D eigenvalue weighted by molar-refractivity contribution is 5.68. The van der Waals surface area contributed by atoms with Crippen LogP contribution in [0.1, 0.15) is 51.7 Å². The van der Waals surface area contributed by atoms with Gasteiger partial charge >= 0.3 is 6.09 Å². The Morgan fingerprint density at radius 3 is 1.92 bits per heavy atom. The third-order valence-electron chi connectivity index (χ3n) is 5.74. The molecule has 0 bridgehead atoms. The smallest absolute Gasteiger partial charge is 0.407 e. The van der Waals surface area contributed by atoms with Crippen LogP contribution in [0, 0.1) is 0 Å².